The van der Waals surface area contributed by atoms with Crippen LogP contribution in [0.25, 0.3) is 0 Å². The van der Waals surface area contributed by atoms with Gasteiger partial charge in [-0.05, 0) is 33.4 Å². The zero-order valence-corrected chi connectivity index (χ0v) is 10.00. The Morgan fingerprint density at radius 3 is 2.73 bits per heavy atom. The predicted molar refractivity (Wildman–Crippen MR) is 64.3 cm³/mol. The summed E-state index contributed by atoms with van der Waals surface area (Å²) >= 11 is 0. The van der Waals surface area contributed by atoms with E-state index < -0.39 is 0 Å². The summed E-state index contributed by atoms with van der Waals surface area (Å²) in [6, 6.07) is 0.668. The number of amidine groups is 1. The van der Waals surface area contributed by atoms with Gasteiger partial charge in [0.05, 0.1) is 5.84 Å². The Labute approximate surface area is 92.9 Å². The Bertz CT molecular complexity index is 205. The summed E-state index contributed by atoms with van der Waals surface area (Å²) in [6.07, 6.45) is 2.96. The molecule has 4 nitrogen and oxygen atoms in total. The Morgan fingerprint density at radius 2 is 2.13 bits per heavy atom. The number of nitrogens with two attached hydrogens (primary N) is 1. The van der Waals surface area contributed by atoms with E-state index in [-0.39, 0.29) is 0 Å². The van der Waals surface area contributed by atoms with E-state index in [1.54, 1.807) is 0 Å². The maximum atomic E-state index is 7.14. The summed E-state index contributed by atoms with van der Waals surface area (Å²) in [6.45, 7) is 6.98. The third kappa shape index (κ3) is 4.62. The van der Waals surface area contributed by atoms with Crippen molar-refractivity contribution >= 4 is 5.84 Å². The van der Waals surface area contributed by atoms with Crippen molar-refractivity contribution in [1.82, 2.24) is 9.80 Å². The maximum absolute atomic E-state index is 7.14. The van der Waals surface area contributed by atoms with E-state index in [1.165, 1.54) is 19.6 Å². The summed E-state index contributed by atoms with van der Waals surface area (Å²) in [4.78, 5) is 4.93. The van der Waals surface area contributed by atoms with Gasteiger partial charge in [0.25, 0.3) is 0 Å². The molecule has 3 N–H and O–H groups in total. The molecule has 1 aliphatic rings. The lowest BCUT2D eigenvalue weighted by atomic mass is 10.1. The molecule has 1 rings (SSSR count). The van der Waals surface area contributed by atoms with Gasteiger partial charge in [-0.3, -0.25) is 10.3 Å². The van der Waals surface area contributed by atoms with E-state index in [0.29, 0.717) is 11.9 Å². The van der Waals surface area contributed by atoms with Gasteiger partial charge in [0.1, 0.15) is 0 Å². The number of likely N-dealkylation sites (N-methyl/N-ethyl adjacent to an activating group) is 1. The first-order chi connectivity index (χ1) is 7.09. The first-order valence-electron chi connectivity index (χ1n) is 5.85. The molecule has 0 aliphatic carbocycles. The lowest BCUT2D eigenvalue weighted by Crippen LogP contribution is -2.50. The van der Waals surface area contributed by atoms with Gasteiger partial charge in [-0.15, -0.1) is 0 Å². The fraction of sp³-hybridized carbons (Fsp3) is 0.909. The molecule has 1 atom stereocenters. The number of nitrogens with one attached hydrogen (secondary N) is 1. The molecule has 1 unspecified atom stereocenters. The molecule has 4 heteroatoms. The third-order valence-corrected chi connectivity index (χ3v) is 3.11. The highest BCUT2D eigenvalue weighted by molar-refractivity contribution is 5.76. The van der Waals surface area contributed by atoms with Crippen LogP contribution in [0, 0.1) is 5.41 Å². The van der Waals surface area contributed by atoms with Crippen molar-refractivity contribution in [3.05, 3.63) is 0 Å². The largest absolute Gasteiger partial charge is 0.388 e. The number of nitrogens with zero attached hydrogens (tertiary/aromatic N) is 2. The Hall–Kier alpha value is -0.610. The lowest BCUT2D eigenvalue weighted by Gasteiger charge is -2.38. The molecule has 1 fully saturated rings. The maximum Gasteiger partial charge on any atom is 0.0905 e. The number of hydrogen-bond acceptors (Lipinski definition) is 3. The van der Waals surface area contributed by atoms with Crippen LogP contribution in [-0.2, 0) is 0 Å². The van der Waals surface area contributed by atoms with Crippen molar-refractivity contribution in [1.29, 1.82) is 5.41 Å². The molecule has 0 spiro atoms. The van der Waals surface area contributed by atoms with Crippen molar-refractivity contribution in [2.24, 2.45) is 5.73 Å². The van der Waals surface area contributed by atoms with Crippen molar-refractivity contribution < 1.29 is 0 Å². The second kappa shape index (κ2) is 6.08. The van der Waals surface area contributed by atoms with Crippen LogP contribution in [-0.4, -0.2) is 54.9 Å². The molecule has 1 heterocycles. The van der Waals surface area contributed by atoms with Crippen molar-refractivity contribution in [2.45, 2.75) is 32.2 Å². The fourth-order valence-corrected chi connectivity index (χ4v) is 2.14. The molecule has 15 heavy (non-hydrogen) atoms. The van der Waals surface area contributed by atoms with Crippen LogP contribution < -0.4 is 5.73 Å². The molecule has 0 saturated carbocycles. The van der Waals surface area contributed by atoms with Gasteiger partial charge in [0.2, 0.25) is 0 Å². The highest BCUT2D eigenvalue weighted by Crippen LogP contribution is 2.09. The first kappa shape index (κ1) is 12.5. The van der Waals surface area contributed by atoms with Crippen LogP contribution in [0.5, 0.6) is 0 Å². The number of hydrogen-bond donors (Lipinski definition) is 2. The zero-order valence-electron chi connectivity index (χ0n) is 10.00. The number of unbranched alkanes of at least 4 members (excludes halogenated alkanes) is 1. The third-order valence-electron chi connectivity index (χ3n) is 3.11. The van der Waals surface area contributed by atoms with Gasteiger partial charge >= 0.3 is 0 Å². The normalized spacial score (nSPS) is 24.3. The molecule has 1 aliphatic heterocycles. The summed E-state index contributed by atoms with van der Waals surface area (Å²) in [7, 11) is 2.18. The second-order valence-electron chi connectivity index (χ2n) is 4.63. The highest BCUT2D eigenvalue weighted by atomic mass is 15.3. The van der Waals surface area contributed by atoms with E-state index in [9.17, 15) is 0 Å². The fourth-order valence-electron chi connectivity index (χ4n) is 2.14. The van der Waals surface area contributed by atoms with Crippen LogP contribution in [0.15, 0.2) is 0 Å². The van der Waals surface area contributed by atoms with Gasteiger partial charge in [-0.2, -0.15) is 0 Å². The number of rotatable bonds is 5. The van der Waals surface area contributed by atoms with Crippen LogP contribution in [0.3, 0.4) is 0 Å². The Balaban J connectivity index is 2.13. The molecule has 0 aromatic rings. The summed E-state index contributed by atoms with van der Waals surface area (Å²) in [5.74, 6) is 0.321. The van der Waals surface area contributed by atoms with Gasteiger partial charge < -0.3 is 10.6 Å². The van der Waals surface area contributed by atoms with E-state index in [4.69, 9.17) is 11.1 Å². The number of piperazine rings is 1. The monoisotopic (exact) mass is 212 g/mol. The summed E-state index contributed by atoms with van der Waals surface area (Å²) in [5.41, 5.74) is 5.32. The minimum Gasteiger partial charge on any atom is -0.388 e. The minimum atomic E-state index is 0.321. The van der Waals surface area contributed by atoms with Gasteiger partial charge in [0, 0.05) is 32.1 Å². The summed E-state index contributed by atoms with van der Waals surface area (Å²) < 4.78 is 0. The molecule has 0 aromatic carbocycles. The molecular formula is C11H24N4. The Kier molecular flexibility index (Phi) is 5.05. The molecule has 0 aromatic heterocycles. The van der Waals surface area contributed by atoms with Crippen LogP contribution in [0.1, 0.15) is 26.2 Å². The van der Waals surface area contributed by atoms with E-state index in [0.717, 1.165) is 25.8 Å². The van der Waals surface area contributed by atoms with Gasteiger partial charge in [-0.25, -0.2) is 0 Å². The molecule has 88 valence electrons. The van der Waals surface area contributed by atoms with Crippen molar-refractivity contribution in [3.8, 4) is 0 Å². The van der Waals surface area contributed by atoms with E-state index in [1.807, 2.05) is 0 Å². The van der Waals surface area contributed by atoms with Gasteiger partial charge in [0.15, 0.2) is 0 Å². The average Bonchev–Trinajstić information content (AvgIpc) is 2.14. The molecular weight excluding hydrogens is 188 g/mol. The molecule has 0 radical (unpaired) electrons. The van der Waals surface area contributed by atoms with Crippen molar-refractivity contribution in [2.75, 3.05) is 33.2 Å². The smallest absolute Gasteiger partial charge is 0.0905 e. The zero-order chi connectivity index (χ0) is 11.3. The predicted octanol–water partition coefficient (Wildman–Crippen LogP) is 0.729. The lowest BCUT2D eigenvalue weighted by molar-refractivity contribution is 0.0987. The standard InChI is InChI=1S/C11H24N4/c1-10-9-14(2)7-8-15(10)6-4-3-5-11(12)13/h10H,3-9H2,1-2H3,(H3,12,13). The van der Waals surface area contributed by atoms with Crippen LogP contribution in [0.2, 0.25) is 0 Å². The summed E-state index contributed by atoms with van der Waals surface area (Å²) in [5, 5.41) is 7.14. The van der Waals surface area contributed by atoms with Crippen LogP contribution in [0.4, 0.5) is 0 Å². The van der Waals surface area contributed by atoms with Gasteiger partial charge in [-0.1, -0.05) is 0 Å². The van der Waals surface area contributed by atoms with E-state index >= 15 is 0 Å². The average molecular weight is 212 g/mol. The first-order valence-corrected chi connectivity index (χ1v) is 5.85. The SMILES string of the molecule is CC1CN(C)CCN1CCCCC(=N)N. The molecule has 1 saturated heterocycles. The molecule has 0 bridgehead atoms. The quantitative estimate of drug-likeness (QED) is 0.401. The highest BCUT2D eigenvalue weighted by Gasteiger charge is 2.20. The Morgan fingerprint density at radius 1 is 1.40 bits per heavy atom. The second-order valence-corrected chi connectivity index (χ2v) is 4.63. The molecule has 0 amide bonds. The topological polar surface area (TPSA) is 56.4 Å². The van der Waals surface area contributed by atoms with Crippen molar-refractivity contribution in [3.63, 3.8) is 0 Å². The van der Waals surface area contributed by atoms with Crippen LogP contribution >= 0.6 is 0 Å². The minimum absolute atomic E-state index is 0.321. The van der Waals surface area contributed by atoms with E-state index in [2.05, 4.69) is 23.8 Å².